The van der Waals surface area contributed by atoms with Crippen LogP contribution in [0, 0.1) is 0 Å². The number of aliphatic hydroxyl groups excluding tert-OH is 2. The quantitative estimate of drug-likeness (QED) is 0.371. The predicted molar refractivity (Wildman–Crippen MR) is 100 cm³/mol. The van der Waals surface area contributed by atoms with Crippen LogP contribution in [0.3, 0.4) is 0 Å². The number of carboxylic acid groups (broad SMARTS) is 1. The lowest BCUT2D eigenvalue weighted by Gasteiger charge is -2.19. The molecule has 0 spiro atoms. The maximum Gasteiger partial charge on any atom is 0.303 e. The second-order valence-corrected chi connectivity index (χ2v) is 6.26. The number of rotatable bonds is 16. The van der Waals surface area contributed by atoms with Crippen molar-refractivity contribution >= 4 is 5.97 Å². The van der Waals surface area contributed by atoms with Crippen molar-refractivity contribution in [1.82, 2.24) is 4.90 Å². The first-order chi connectivity index (χ1) is 11.6. The summed E-state index contributed by atoms with van der Waals surface area (Å²) in [6.45, 7) is 7.06. The molecule has 0 fully saturated rings. The van der Waals surface area contributed by atoms with E-state index in [9.17, 15) is 4.79 Å². The van der Waals surface area contributed by atoms with E-state index in [0.29, 0.717) is 19.5 Å². The molecule has 0 bridgehead atoms. The van der Waals surface area contributed by atoms with Crippen LogP contribution in [-0.4, -0.2) is 59.0 Å². The second-order valence-electron chi connectivity index (χ2n) is 6.26. The maximum atomic E-state index is 10.2. The van der Waals surface area contributed by atoms with E-state index in [1.54, 1.807) is 0 Å². The van der Waals surface area contributed by atoms with E-state index in [4.69, 9.17) is 15.3 Å². The number of carboxylic acids is 1. The molecule has 24 heavy (non-hydrogen) atoms. The maximum absolute atomic E-state index is 10.2. The number of carbonyl (C=O) groups is 1. The summed E-state index contributed by atoms with van der Waals surface area (Å²) in [5.41, 5.74) is 0. The average Bonchev–Trinajstić information content (AvgIpc) is 2.56. The Labute approximate surface area is 149 Å². The van der Waals surface area contributed by atoms with E-state index >= 15 is 0 Å². The van der Waals surface area contributed by atoms with E-state index in [2.05, 4.69) is 18.7 Å². The molecule has 0 aliphatic rings. The second kappa shape index (κ2) is 22.4. The molecular formula is C19H41NO4. The molecule has 0 aliphatic heterocycles. The number of nitrogens with zero attached hydrogens (tertiary/aromatic N) is 1. The summed E-state index contributed by atoms with van der Waals surface area (Å²) in [5, 5.41) is 25.7. The minimum atomic E-state index is -0.661. The lowest BCUT2D eigenvalue weighted by atomic mass is 10.1. The van der Waals surface area contributed by atoms with Gasteiger partial charge in [-0.15, -0.1) is 0 Å². The molecule has 0 saturated carbocycles. The molecule has 0 amide bonds. The summed E-state index contributed by atoms with van der Waals surface area (Å²) < 4.78 is 0. The van der Waals surface area contributed by atoms with Gasteiger partial charge in [-0.1, -0.05) is 65.2 Å². The molecule has 0 aromatic rings. The molecule has 0 saturated heterocycles. The van der Waals surface area contributed by atoms with Crippen molar-refractivity contribution in [2.24, 2.45) is 0 Å². The van der Waals surface area contributed by atoms with Crippen molar-refractivity contribution in [2.75, 3.05) is 32.8 Å². The Kier molecular flexibility index (Phi) is 23.8. The van der Waals surface area contributed by atoms with Crippen LogP contribution in [0.2, 0.25) is 0 Å². The number of hydrogen-bond acceptors (Lipinski definition) is 4. The minimum Gasteiger partial charge on any atom is -0.481 e. The zero-order chi connectivity index (χ0) is 18.5. The Bertz CT molecular complexity index is 244. The summed E-state index contributed by atoms with van der Waals surface area (Å²) in [5.74, 6) is -0.661. The lowest BCUT2D eigenvalue weighted by Crippen LogP contribution is -2.30. The molecule has 3 N–H and O–H groups in total. The van der Waals surface area contributed by atoms with Crippen LogP contribution in [0.5, 0.6) is 0 Å². The van der Waals surface area contributed by atoms with Crippen LogP contribution in [0.15, 0.2) is 0 Å². The molecule has 146 valence electrons. The van der Waals surface area contributed by atoms with Gasteiger partial charge in [0.05, 0.1) is 13.2 Å². The van der Waals surface area contributed by atoms with Gasteiger partial charge in [-0.25, -0.2) is 0 Å². The van der Waals surface area contributed by atoms with Crippen molar-refractivity contribution in [1.29, 1.82) is 0 Å². The standard InChI is InChI=1S/C11H22O2.C8H19NO2/c1-2-3-4-5-6-7-8-9-10-11(12)13;1-2-3-4-9(5-7-10)6-8-11/h2-10H2,1H3,(H,12,13);10-11H,2-8H2,1H3. The highest BCUT2D eigenvalue weighted by Crippen LogP contribution is 2.09. The zero-order valence-corrected chi connectivity index (χ0v) is 16.0. The van der Waals surface area contributed by atoms with Crippen molar-refractivity contribution in [3.05, 3.63) is 0 Å². The average molecular weight is 348 g/mol. The Hall–Kier alpha value is -0.650. The molecule has 0 aromatic heterocycles. The molecule has 0 heterocycles. The van der Waals surface area contributed by atoms with E-state index in [-0.39, 0.29) is 13.2 Å². The fourth-order valence-electron chi connectivity index (χ4n) is 2.41. The van der Waals surface area contributed by atoms with Gasteiger partial charge >= 0.3 is 5.97 Å². The highest BCUT2D eigenvalue weighted by Gasteiger charge is 2.00. The van der Waals surface area contributed by atoms with Gasteiger partial charge < -0.3 is 15.3 Å². The summed E-state index contributed by atoms with van der Waals surface area (Å²) in [6.07, 6.45) is 12.4. The van der Waals surface area contributed by atoms with Crippen molar-refractivity contribution in [2.45, 2.75) is 84.5 Å². The number of hydrogen-bond donors (Lipinski definition) is 3. The largest absolute Gasteiger partial charge is 0.481 e. The summed E-state index contributed by atoms with van der Waals surface area (Å²) >= 11 is 0. The Morgan fingerprint density at radius 2 is 1.17 bits per heavy atom. The first kappa shape index (κ1) is 25.6. The van der Waals surface area contributed by atoms with E-state index in [1.165, 1.54) is 38.5 Å². The van der Waals surface area contributed by atoms with Crippen LogP contribution in [0.1, 0.15) is 84.5 Å². The summed E-state index contributed by atoms with van der Waals surface area (Å²) in [6, 6.07) is 0. The van der Waals surface area contributed by atoms with E-state index in [1.807, 2.05) is 0 Å². The first-order valence-corrected chi connectivity index (χ1v) is 9.78. The van der Waals surface area contributed by atoms with E-state index < -0.39 is 5.97 Å². The summed E-state index contributed by atoms with van der Waals surface area (Å²) in [4.78, 5) is 12.2. The monoisotopic (exact) mass is 347 g/mol. The van der Waals surface area contributed by atoms with Crippen LogP contribution < -0.4 is 0 Å². The summed E-state index contributed by atoms with van der Waals surface area (Å²) in [7, 11) is 0. The predicted octanol–water partition coefficient (Wildman–Crippen LogP) is 3.67. The lowest BCUT2D eigenvalue weighted by molar-refractivity contribution is -0.137. The molecular weight excluding hydrogens is 306 g/mol. The molecule has 5 nitrogen and oxygen atoms in total. The van der Waals surface area contributed by atoms with Gasteiger partial charge in [-0.05, 0) is 19.4 Å². The fourth-order valence-corrected chi connectivity index (χ4v) is 2.41. The third-order valence-corrected chi connectivity index (χ3v) is 3.90. The third kappa shape index (κ3) is 23.6. The topological polar surface area (TPSA) is 81.0 Å². The molecule has 0 aromatic carbocycles. The smallest absolute Gasteiger partial charge is 0.303 e. The zero-order valence-electron chi connectivity index (χ0n) is 16.0. The fraction of sp³-hybridized carbons (Fsp3) is 0.947. The normalized spacial score (nSPS) is 10.5. The van der Waals surface area contributed by atoms with Gasteiger partial charge in [0.25, 0.3) is 0 Å². The number of unbranched alkanes of at least 4 members (excludes halogenated alkanes) is 8. The Balaban J connectivity index is 0. The third-order valence-electron chi connectivity index (χ3n) is 3.90. The van der Waals surface area contributed by atoms with Crippen LogP contribution in [0.25, 0.3) is 0 Å². The van der Waals surface area contributed by atoms with Crippen molar-refractivity contribution < 1.29 is 20.1 Å². The van der Waals surface area contributed by atoms with Crippen LogP contribution >= 0.6 is 0 Å². The van der Waals surface area contributed by atoms with Crippen LogP contribution in [0.4, 0.5) is 0 Å². The molecule has 0 radical (unpaired) electrons. The van der Waals surface area contributed by atoms with Gasteiger partial charge in [0.1, 0.15) is 0 Å². The number of aliphatic carboxylic acids is 1. The van der Waals surface area contributed by atoms with Gasteiger partial charge in [-0.2, -0.15) is 0 Å². The SMILES string of the molecule is CCCCCCCCCCC(=O)O.CCCCN(CCO)CCO. The van der Waals surface area contributed by atoms with Gasteiger partial charge in [-0.3, -0.25) is 9.69 Å². The van der Waals surface area contributed by atoms with Crippen molar-refractivity contribution in [3.8, 4) is 0 Å². The first-order valence-electron chi connectivity index (χ1n) is 9.78. The van der Waals surface area contributed by atoms with E-state index in [0.717, 1.165) is 32.2 Å². The van der Waals surface area contributed by atoms with Gasteiger partial charge in [0, 0.05) is 19.5 Å². The minimum absolute atomic E-state index is 0.184. The van der Waals surface area contributed by atoms with Crippen LogP contribution in [-0.2, 0) is 4.79 Å². The molecule has 0 unspecified atom stereocenters. The molecule has 0 rings (SSSR count). The Morgan fingerprint density at radius 1 is 0.708 bits per heavy atom. The molecule has 5 heteroatoms. The highest BCUT2D eigenvalue weighted by molar-refractivity contribution is 5.66. The Morgan fingerprint density at radius 3 is 1.58 bits per heavy atom. The van der Waals surface area contributed by atoms with Crippen molar-refractivity contribution in [3.63, 3.8) is 0 Å². The number of aliphatic hydroxyl groups is 2. The molecule has 0 atom stereocenters. The van der Waals surface area contributed by atoms with Gasteiger partial charge in [0.15, 0.2) is 0 Å². The molecule has 0 aliphatic carbocycles. The van der Waals surface area contributed by atoms with Gasteiger partial charge in [0.2, 0.25) is 0 Å². The highest BCUT2D eigenvalue weighted by atomic mass is 16.4.